The van der Waals surface area contributed by atoms with Crippen LogP contribution in [0.3, 0.4) is 0 Å². The SMILES string of the molecule is CN(c1ccc(F)cc1)c1ncc(C#N)cn1. The highest BCUT2D eigenvalue weighted by Gasteiger charge is 2.06. The summed E-state index contributed by atoms with van der Waals surface area (Å²) >= 11 is 0. The van der Waals surface area contributed by atoms with Gasteiger partial charge in [0.25, 0.3) is 0 Å². The molecule has 0 spiro atoms. The van der Waals surface area contributed by atoms with Crippen LogP contribution >= 0.6 is 0 Å². The molecule has 0 aliphatic heterocycles. The minimum Gasteiger partial charge on any atom is -0.314 e. The van der Waals surface area contributed by atoms with Crippen molar-refractivity contribution >= 4 is 11.6 Å². The maximum Gasteiger partial charge on any atom is 0.229 e. The van der Waals surface area contributed by atoms with E-state index in [1.54, 1.807) is 24.1 Å². The van der Waals surface area contributed by atoms with E-state index < -0.39 is 0 Å². The van der Waals surface area contributed by atoms with E-state index in [9.17, 15) is 4.39 Å². The van der Waals surface area contributed by atoms with Crippen LogP contribution in [0, 0.1) is 17.1 Å². The number of aromatic nitrogens is 2. The molecule has 1 heterocycles. The average molecular weight is 228 g/mol. The Labute approximate surface area is 98.0 Å². The van der Waals surface area contributed by atoms with Crippen molar-refractivity contribution in [2.75, 3.05) is 11.9 Å². The predicted octanol–water partition coefficient (Wildman–Crippen LogP) is 2.26. The summed E-state index contributed by atoms with van der Waals surface area (Å²) in [6.45, 7) is 0. The van der Waals surface area contributed by atoms with Crippen LogP contribution in [0.2, 0.25) is 0 Å². The van der Waals surface area contributed by atoms with Gasteiger partial charge in [-0.3, -0.25) is 0 Å². The van der Waals surface area contributed by atoms with E-state index >= 15 is 0 Å². The Kier molecular flexibility index (Phi) is 2.97. The maximum absolute atomic E-state index is 12.8. The molecular weight excluding hydrogens is 219 g/mol. The molecule has 0 saturated carbocycles. The minimum atomic E-state index is -0.289. The van der Waals surface area contributed by atoms with Crippen molar-refractivity contribution < 1.29 is 4.39 Å². The van der Waals surface area contributed by atoms with Crippen molar-refractivity contribution in [1.29, 1.82) is 5.26 Å². The molecule has 4 nitrogen and oxygen atoms in total. The highest BCUT2D eigenvalue weighted by atomic mass is 19.1. The van der Waals surface area contributed by atoms with E-state index in [2.05, 4.69) is 9.97 Å². The lowest BCUT2D eigenvalue weighted by Gasteiger charge is -2.16. The molecule has 5 heteroatoms. The summed E-state index contributed by atoms with van der Waals surface area (Å²) in [5.41, 5.74) is 1.18. The summed E-state index contributed by atoms with van der Waals surface area (Å²) in [5, 5.41) is 8.63. The van der Waals surface area contributed by atoms with Gasteiger partial charge < -0.3 is 4.90 Å². The Morgan fingerprint density at radius 2 is 1.76 bits per heavy atom. The number of benzene rings is 1. The topological polar surface area (TPSA) is 52.8 Å². The van der Waals surface area contributed by atoms with E-state index in [0.717, 1.165) is 5.69 Å². The zero-order valence-electron chi connectivity index (χ0n) is 9.13. The number of nitriles is 1. The van der Waals surface area contributed by atoms with Gasteiger partial charge in [0.2, 0.25) is 5.95 Å². The lowest BCUT2D eigenvalue weighted by molar-refractivity contribution is 0.628. The first-order valence-electron chi connectivity index (χ1n) is 4.92. The molecule has 0 N–H and O–H groups in total. The molecule has 0 fully saturated rings. The standard InChI is InChI=1S/C12H9FN4/c1-17(11-4-2-10(13)3-5-11)12-15-7-9(6-14)8-16-12/h2-5,7-8H,1H3. The lowest BCUT2D eigenvalue weighted by atomic mass is 10.3. The fourth-order valence-electron chi connectivity index (χ4n) is 1.33. The largest absolute Gasteiger partial charge is 0.314 e. The van der Waals surface area contributed by atoms with Gasteiger partial charge in [0.05, 0.1) is 18.0 Å². The number of hydrogen-bond donors (Lipinski definition) is 0. The maximum atomic E-state index is 12.8. The van der Waals surface area contributed by atoms with E-state index in [1.165, 1.54) is 24.5 Å². The van der Waals surface area contributed by atoms with Crippen molar-refractivity contribution in [3.05, 3.63) is 48.0 Å². The molecule has 0 aliphatic carbocycles. The van der Waals surface area contributed by atoms with Gasteiger partial charge in [-0.15, -0.1) is 0 Å². The first-order chi connectivity index (χ1) is 8.20. The molecule has 0 atom stereocenters. The zero-order valence-corrected chi connectivity index (χ0v) is 9.13. The van der Waals surface area contributed by atoms with Gasteiger partial charge in [-0.1, -0.05) is 0 Å². The Hall–Kier alpha value is -2.48. The third-order valence-electron chi connectivity index (χ3n) is 2.28. The van der Waals surface area contributed by atoms with Gasteiger partial charge in [0.15, 0.2) is 0 Å². The summed E-state index contributed by atoms with van der Waals surface area (Å²) in [6, 6.07) is 7.96. The normalized spacial score (nSPS) is 9.71. The smallest absolute Gasteiger partial charge is 0.229 e. The summed E-state index contributed by atoms with van der Waals surface area (Å²) in [4.78, 5) is 9.80. The van der Waals surface area contributed by atoms with Crippen molar-refractivity contribution in [1.82, 2.24) is 9.97 Å². The van der Waals surface area contributed by atoms with Gasteiger partial charge in [-0.05, 0) is 24.3 Å². The molecule has 1 aromatic carbocycles. The van der Waals surface area contributed by atoms with Gasteiger partial charge in [0, 0.05) is 12.7 Å². The Bertz CT molecular complexity index is 542. The van der Waals surface area contributed by atoms with E-state index in [0.29, 0.717) is 11.5 Å². The minimum absolute atomic E-state index is 0.289. The van der Waals surface area contributed by atoms with Crippen LogP contribution in [0.5, 0.6) is 0 Å². The van der Waals surface area contributed by atoms with Crippen molar-refractivity contribution in [2.24, 2.45) is 0 Å². The highest BCUT2D eigenvalue weighted by molar-refractivity contribution is 5.55. The number of anilines is 2. The van der Waals surface area contributed by atoms with Crippen LogP contribution < -0.4 is 4.90 Å². The van der Waals surface area contributed by atoms with Gasteiger partial charge in [-0.2, -0.15) is 5.26 Å². The number of hydrogen-bond acceptors (Lipinski definition) is 4. The van der Waals surface area contributed by atoms with E-state index in [1.807, 2.05) is 6.07 Å². The fourth-order valence-corrected chi connectivity index (χ4v) is 1.33. The molecule has 0 bridgehead atoms. The van der Waals surface area contributed by atoms with E-state index in [4.69, 9.17) is 5.26 Å². The van der Waals surface area contributed by atoms with Gasteiger partial charge >= 0.3 is 0 Å². The first-order valence-corrected chi connectivity index (χ1v) is 4.92. The van der Waals surface area contributed by atoms with E-state index in [-0.39, 0.29) is 5.82 Å². The molecule has 1 aromatic heterocycles. The second-order valence-electron chi connectivity index (χ2n) is 3.42. The molecule has 2 rings (SSSR count). The third kappa shape index (κ3) is 2.37. The molecule has 0 radical (unpaired) electrons. The predicted molar refractivity (Wildman–Crippen MR) is 61.2 cm³/mol. The average Bonchev–Trinajstić information content (AvgIpc) is 2.39. The van der Waals surface area contributed by atoms with Gasteiger partial charge in [0.1, 0.15) is 11.9 Å². The van der Waals surface area contributed by atoms with Crippen molar-refractivity contribution in [3.8, 4) is 6.07 Å². The fraction of sp³-hybridized carbons (Fsp3) is 0.0833. The van der Waals surface area contributed by atoms with Crippen molar-refractivity contribution in [2.45, 2.75) is 0 Å². The molecule has 0 unspecified atom stereocenters. The van der Waals surface area contributed by atoms with Gasteiger partial charge in [-0.25, -0.2) is 14.4 Å². The van der Waals surface area contributed by atoms with Crippen LogP contribution in [0.4, 0.5) is 16.0 Å². The number of halogens is 1. The van der Waals surface area contributed by atoms with Crippen LogP contribution in [-0.2, 0) is 0 Å². The summed E-state index contributed by atoms with van der Waals surface area (Å²) in [6.07, 6.45) is 2.89. The second-order valence-corrected chi connectivity index (χ2v) is 3.42. The molecular formula is C12H9FN4. The first kappa shape index (κ1) is 11.0. The van der Waals surface area contributed by atoms with Crippen molar-refractivity contribution in [3.63, 3.8) is 0 Å². The quantitative estimate of drug-likeness (QED) is 0.791. The molecule has 0 amide bonds. The summed E-state index contributed by atoms with van der Waals surface area (Å²) < 4.78 is 12.8. The number of rotatable bonds is 2. The monoisotopic (exact) mass is 228 g/mol. The Balaban J connectivity index is 2.27. The van der Waals surface area contributed by atoms with Crippen LogP contribution in [0.15, 0.2) is 36.7 Å². The molecule has 0 saturated heterocycles. The zero-order chi connectivity index (χ0) is 12.3. The number of nitrogens with zero attached hydrogens (tertiary/aromatic N) is 4. The summed E-state index contributed by atoms with van der Waals surface area (Å²) in [7, 11) is 1.77. The highest BCUT2D eigenvalue weighted by Crippen LogP contribution is 2.19. The third-order valence-corrected chi connectivity index (χ3v) is 2.28. The Morgan fingerprint density at radius 3 is 2.29 bits per heavy atom. The van der Waals surface area contributed by atoms with Crippen LogP contribution in [0.1, 0.15) is 5.56 Å². The molecule has 17 heavy (non-hydrogen) atoms. The molecule has 2 aromatic rings. The molecule has 0 aliphatic rings. The van der Waals surface area contributed by atoms with Crippen LogP contribution in [-0.4, -0.2) is 17.0 Å². The molecule has 84 valence electrons. The summed E-state index contributed by atoms with van der Waals surface area (Å²) in [5.74, 6) is 0.165. The van der Waals surface area contributed by atoms with Crippen LogP contribution in [0.25, 0.3) is 0 Å². The Morgan fingerprint density at radius 1 is 1.18 bits per heavy atom. The lowest BCUT2D eigenvalue weighted by Crippen LogP contribution is -2.12. The second kappa shape index (κ2) is 4.58.